The fraction of sp³-hybridized carbons (Fsp3) is 0.222. The fourth-order valence-electron chi connectivity index (χ4n) is 0.879. The number of terminal acetylenes is 1. The van der Waals surface area contributed by atoms with E-state index in [0.717, 1.165) is 8.95 Å². The number of rotatable bonds is 2. The van der Waals surface area contributed by atoms with E-state index in [1.54, 1.807) is 6.20 Å². The Morgan fingerprint density at radius 2 is 2.31 bits per heavy atom. The maximum Gasteiger partial charge on any atom is 0.108 e. The Labute approximate surface area is 93.6 Å². The van der Waals surface area contributed by atoms with Crippen LogP contribution < -0.4 is 0 Å². The van der Waals surface area contributed by atoms with Gasteiger partial charge < -0.3 is 5.11 Å². The average Bonchev–Trinajstić information content (AvgIpc) is 2.04. The molecular formula is C9H7Br2NO. The van der Waals surface area contributed by atoms with E-state index in [0.29, 0.717) is 5.69 Å². The van der Waals surface area contributed by atoms with Crippen LogP contribution in [0, 0.1) is 12.3 Å². The van der Waals surface area contributed by atoms with Gasteiger partial charge in [-0.2, -0.15) is 0 Å². The molecule has 2 nitrogen and oxygen atoms in total. The van der Waals surface area contributed by atoms with Crippen LogP contribution in [0.25, 0.3) is 0 Å². The van der Waals surface area contributed by atoms with Gasteiger partial charge in [-0.1, -0.05) is 0 Å². The molecule has 0 aliphatic carbocycles. The van der Waals surface area contributed by atoms with Crippen molar-refractivity contribution in [1.82, 2.24) is 4.98 Å². The molecule has 1 heterocycles. The van der Waals surface area contributed by atoms with Gasteiger partial charge in [-0.05, 0) is 37.9 Å². The first kappa shape index (κ1) is 10.7. The molecule has 13 heavy (non-hydrogen) atoms. The first-order chi connectivity index (χ1) is 6.15. The van der Waals surface area contributed by atoms with Gasteiger partial charge in [0.25, 0.3) is 0 Å². The van der Waals surface area contributed by atoms with Crippen LogP contribution >= 0.6 is 31.9 Å². The molecular weight excluding hydrogens is 298 g/mol. The number of pyridine rings is 1. The minimum Gasteiger partial charge on any atom is -0.386 e. The van der Waals surface area contributed by atoms with E-state index in [1.807, 2.05) is 6.07 Å². The van der Waals surface area contributed by atoms with Crippen LogP contribution in [0.3, 0.4) is 0 Å². The minimum absolute atomic E-state index is 0.271. The molecule has 1 aromatic rings. The number of aliphatic hydroxyl groups excluding tert-OH is 1. The molecule has 1 aromatic heterocycles. The Hall–Kier alpha value is -0.370. The molecule has 0 radical (unpaired) electrons. The maximum atomic E-state index is 9.54. The highest BCUT2D eigenvalue weighted by Gasteiger charge is 2.11. The average molecular weight is 305 g/mol. The lowest BCUT2D eigenvalue weighted by Gasteiger charge is -2.08. The Balaban J connectivity index is 2.96. The SMILES string of the molecule is C#CCC(O)c1ncc(Br)cc1Br. The molecule has 68 valence electrons. The lowest BCUT2D eigenvalue weighted by Crippen LogP contribution is -2.00. The van der Waals surface area contributed by atoms with Crippen LogP contribution in [0.1, 0.15) is 18.2 Å². The summed E-state index contributed by atoms with van der Waals surface area (Å²) in [5.41, 5.74) is 0.571. The first-order valence-corrected chi connectivity index (χ1v) is 5.16. The summed E-state index contributed by atoms with van der Waals surface area (Å²) >= 11 is 6.57. The van der Waals surface area contributed by atoms with Gasteiger partial charge in [0.1, 0.15) is 6.10 Å². The molecule has 0 aliphatic rings. The van der Waals surface area contributed by atoms with Crippen molar-refractivity contribution in [2.24, 2.45) is 0 Å². The molecule has 4 heteroatoms. The maximum absolute atomic E-state index is 9.54. The van der Waals surface area contributed by atoms with Crippen LogP contribution in [0.2, 0.25) is 0 Å². The Morgan fingerprint density at radius 3 is 2.85 bits per heavy atom. The Kier molecular flexibility index (Phi) is 3.91. The van der Waals surface area contributed by atoms with E-state index in [2.05, 4.69) is 42.8 Å². The summed E-state index contributed by atoms with van der Waals surface area (Å²) in [6.07, 6.45) is 6.28. The fourth-order valence-corrected chi connectivity index (χ4v) is 2.13. The molecule has 0 amide bonds. The highest BCUT2D eigenvalue weighted by Crippen LogP contribution is 2.25. The smallest absolute Gasteiger partial charge is 0.108 e. The Bertz CT molecular complexity index is 346. The molecule has 1 rings (SSSR count). The lowest BCUT2D eigenvalue weighted by molar-refractivity contribution is 0.178. The summed E-state index contributed by atoms with van der Waals surface area (Å²) in [4.78, 5) is 4.06. The molecule has 0 fully saturated rings. The molecule has 0 aliphatic heterocycles. The third-order valence-electron chi connectivity index (χ3n) is 1.46. The second kappa shape index (κ2) is 4.75. The summed E-state index contributed by atoms with van der Waals surface area (Å²) in [6, 6.07) is 1.82. The highest BCUT2D eigenvalue weighted by atomic mass is 79.9. The molecule has 0 saturated carbocycles. The summed E-state index contributed by atoms with van der Waals surface area (Å²) in [6.45, 7) is 0. The zero-order valence-corrected chi connectivity index (χ0v) is 9.84. The Morgan fingerprint density at radius 1 is 1.62 bits per heavy atom. The van der Waals surface area contributed by atoms with Gasteiger partial charge in [0.15, 0.2) is 0 Å². The van der Waals surface area contributed by atoms with Crippen molar-refractivity contribution in [3.63, 3.8) is 0 Å². The van der Waals surface area contributed by atoms with E-state index in [1.165, 1.54) is 0 Å². The monoisotopic (exact) mass is 303 g/mol. The van der Waals surface area contributed by atoms with Crippen LogP contribution in [-0.2, 0) is 0 Å². The van der Waals surface area contributed by atoms with Gasteiger partial charge in [0.05, 0.1) is 5.69 Å². The van der Waals surface area contributed by atoms with Crippen LogP contribution in [-0.4, -0.2) is 10.1 Å². The zero-order chi connectivity index (χ0) is 9.84. The second-order valence-electron chi connectivity index (χ2n) is 2.44. The third-order valence-corrected chi connectivity index (χ3v) is 2.53. The molecule has 0 saturated heterocycles. The van der Waals surface area contributed by atoms with E-state index in [-0.39, 0.29) is 6.42 Å². The van der Waals surface area contributed by atoms with E-state index in [9.17, 15) is 5.11 Å². The standard InChI is InChI=1S/C9H7Br2NO/c1-2-3-8(13)9-7(11)4-6(10)5-12-9/h1,4-5,8,13H,3H2. The van der Waals surface area contributed by atoms with Gasteiger partial charge in [0, 0.05) is 21.6 Å². The molecule has 0 bridgehead atoms. The largest absolute Gasteiger partial charge is 0.386 e. The van der Waals surface area contributed by atoms with E-state index >= 15 is 0 Å². The predicted molar refractivity (Wildman–Crippen MR) is 58.0 cm³/mol. The van der Waals surface area contributed by atoms with E-state index < -0.39 is 6.10 Å². The van der Waals surface area contributed by atoms with Crippen LogP contribution in [0.4, 0.5) is 0 Å². The number of halogens is 2. The van der Waals surface area contributed by atoms with Gasteiger partial charge in [-0.3, -0.25) is 4.98 Å². The number of aliphatic hydroxyl groups is 1. The number of hydrogen-bond acceptors (Lipinski definition) is 2. The van der Waals surface area contributed by atoms with Crippen molar-refractivity contribution < 1.29 is 5.11 Å². The van der Waals surface area contributed by atoms with Crippen LogP contribution in [0.5, 0.6) is 0 Å². The van der Waals surface area contributed by atoms with Crippen molar-refractivity contribution in [3.05, 3.63) is 26.9 Å². The van der Waals surface area contributed by atoms with Gasteiger partial charge in [-0.25, -0.2) is 0 Å². The molecule has 1 atom stereocenters. The van der Waals surface area contributed by atoms with Gasteiger partial charge in [0.2, 0.25) is 0 Å². The zero-order valence-electron chi connectivity index (χ0n) is 6.67. The molecule has 0 spiro atoms. The molecule has 0 aromatic carbocycles. The van der Waals surface area contributed by atoms with Gasteiger partial charge in [-0.15, -0.1) is 12.3 Å². The summed E-state index contributed by atoms with van der Waals surface area (Å²) in [5.74, 6) is 2.39. The first-order valence-electron chi connectivity index (χ1n) is 3.57. The summed E-state index contributed by atoms with van der Waals surface area (Å²) in [7, 11) is 0. The van der Waals surface area contributed by atoms with Crippen LogP contribution in [0.15, 0.2) is 21.2 Å². The van der Waals surface area contributed by atoms with E-state index in [4.69, 9.17) is 6.42 Å². The van der Waals surface area contributed by atoms with Crippen molar-refractivity contribution >= 4 is 31.9 Å². The highest BCUT2D eigenvalue weighted by molar-refractivity contribution is 9.11. The van der Waals surface area contributed by atoms with Gasteiger partial charge >= 0.3 is 0 Å². The molecule has 1 N–H and O–H groups in total. The lowest BCUT2D eigenvalue weighted by atomic mass is 10.2. The predicted octanol–water partition coefficient (Wildman–Crippen LogP) is 2.66. The normalized spacial score (nSPS) is 12.2. The minimum atomic E-state index is -0.701. The number of hydrogen-bond donors (Lipinski definition) is 1. The summed E-state index contributed by atoms with van der Waals surface area (Å²) in [5, 5.41) is 9.54. The van der Waals surface area contributed by atoms with Crippen molar-refractivity contribution in [2.45, 2.75) is 12.5 Å². The van der Waals surface area contributed by atoms with Crippen molar-refractivity contribution in [2.75, 3.05) is 0 Å². The second-order valence-corrected chi connectivity index (χ2v) is 4.21. The third kappa shape index (κ3) is 2.80. The van der Waals surface area contributed by atoms with Crippen molar-refractivity contribution in [1.29, 1.82) is 0 Å². The topological polar surface area (TPSA) is 33.1 Å². The quantitative estimate of drug-likeness (QED) is 0.852. The summed E-state index contributed by atoms with van der Waals surface area (Å²) < 4.78 is 1.61. The van der Waals surface area contributed by atoms with Crippen molar-refractivity contribution in [3.8, 4) is 12.3 Å². The number of aromatic nitrogens is 1. The number of nitrogens with zero attached hydrogens (tertiary/aromatic N) is 1. The molecule has 1 unspecified atom stereocenters.